The van der Waals surface area contributed by atoms with Gasteiger partial charge in [-0.15, -0.1) is 0 Å². The lowest BCUT2D eigenvalue weighted by Crippen LogP contribution is -2.38. The van der Waals surface area contributed by atoms with Crippen molar-refractivity contribution in [1.29, 1.82) is 0 Å². The fourth-order valence-electron chi connectivity index (χ4n) is 2.66. The van der Waals surface area contributed by atoms with E-state index in [9.17, 15) is 13.2 Å². The highest BCUT2D eigenvalue weighted by Gasteiger charge is 2.28. The number of nitrogens with one attached hydrogen (secondary N) is 1. The standard InChI is InChI=1S/C21H18Cl2N2O3S/c1-15-6-12-18(13-7-15)29(27,28)25(20-5-3-2-4-19(20)23)14-21(26)24-17-10-8-16(22)9-11-17/h2-13H,14H2,1H3,(H,24,26). The number of amides is 1. The van der Waals surface area contributed by atoms with E-state index in [1.807, 2.05) is 6.92 Å². The SMILES string of the molecule is Cc1ccc(S(=O)(=O)N(CC(=O)Nc2ccc(Cl)cc2)c2ccccc2Cl)cc1. The molecule has 0 unspecified atom stereocenters. The molecule has 5 nitrogen and oxygen atoms in total. The quantitative estimate of drug-likeness (QED) is 0.567. The van der Waals surface area contributed by atoms with Crippen LogP contribution in [-0.4, -0.2) is 20.9 Å². The molecule has 0 atom stereocenters. The molecule has 8 heteroatoms. The Bertz CT molecular complexity index is 1120. The number of benzene rings is 3. The van der Waals surface area contributed by atoms with Gasteiger partial charge in [0.2, 0.25) is 5.91 Å². The molecule has 0 saturated heterocycles. The predicted molar refractivity (Wildman–Crippen MR) is 117 cm³/mol. The lowest BCUT2D eigenvalue weighted by molar-refractivity contribution is -0.114. The zero-order valence-electron chi connectivity index (χ0n) is 15.5. The van der Waals surface area contributed by atoms with E-state index in [0.29, 0.717) is 10.7 Å². The van der Waals surface area contributed by atoms with Crippen molar-refractivity contribution in [2.75, 3.05) is 16.2 Å². The normalized spacial score (nSPS) is 11.1. The van der Waals surface area contributed by atoms with E-state index in [0.717, 1.165) is 9.87 Å². The number of carbonyl (C=O) groups is 1. The average molecular weight is 449 g/mol. The summed E-state index contributed by atoms with van der Waals surface area (Å²) in [5.41, 5.74) is 1.65. The van der Waals surface area contributed by atoms with Crippen LogP contribution in [0.1, 0.15) is 5.56 Å². The molecule has 0 radical (unpaired) electrons. The molecule has 0 aliphatic carbocycles. The molecule has 0 heterocycles. The van der Waals surface area contributed by atoms with Crippen molar-refractivity contribution in [3.8, 4) is 0 Å². The Balaban J connectivity index is 1.95. The number of halogens is 2. The van der Waals surface area contributed by atoms with E-state index in [4.69, 9.17) is 23.2 Å². The lowest BCUT2D eigenvalue weighted by Gasteiger charge is -2.25. The molecule has 0 aliphatic heterocycles. The maximum atomic E-state index is 13.3. The molecule has 29 heavy (non-hydrogen) atoms. The first-order chi connectivity index (χ1) is 13.8. The molecule has 150 valence electrons. The number of sulfonamides is 1. The van der Waals surface area contributed by atoms with Crippen LogP contribution in [0.15, 0.2) is 77.7 Å². The summed E-state index contributed by atoms with van der Waals surface area (Å²) >= 11 is 12.1. The zero-order chi connectivity index (χ0) is 21.0. The largest absolute Gasteiger partial charge is 0.325 e. The van der Waals surface area contributed by atoms with Crippen molar-refractivity contribution in [2.24, 2.45) is 0 Å². The van der Waals surface area contributed by atoms with Gasteiger partial charge in [0.15, 0.2) is 0 Å². The molecule has 1 N–H and O–H groups in total. The minimum Gasteiger partial charge on any atom is -0.325 e. The third-order valence-corrected chi connectivity index (χ3v) is 6.49. The summed E-state index contributed by atoms with van der Waals surface area (Å²) in [4.78, 5) is 12.7. The number of aryl methyl sites for hydroxylation is 1. The van der Waals surface area contributed by atoms with Gasteiger partial charge < -0.3 is 5.32 Å². The fourth-order valence-corrected chi connectivity index (χ4v) is 4.51. The number of carbonyl (C=O) groups excluding carboxylic acids is 1. The molecule has 3 aromatic carbocycles. The highest BCUT2D eigenvalue weighted by Crippen LogP contribution is 2.30. The minimum absolute atomic E-state index is 0.0716. The van der Waals surface area contributed by atoms with Crippen LogP contribution in [-0.2, 0) is 14.8 Å². The van der Waals surface area contributed by atoms with E-state index >= 15 is 0 Å². The van der Waals surface area contributed by atoms with Gasteiger partial charge in [-0.1, -0.05) is 53.0 Å². The Morgan fingerprint density at radius 3 is 2.17 bits per heavy atom. The van der Waals surface area contributed by atoms with Crippen LogP contribution < -0.4 is 9.62 Å². The van der Waals surface area contributed by atoms with Crippen molar-refractivity contribution >= 4 is 50.5 Å². The monoisotopic (exact) mass is 448 g/mol. The first-order valence-corrected chi connectivity index (χ1v) is 10.9. The van der Waals surface area contributed by atoms with Gasteiger partial charge >= 0.3 is 0 Å². The highest BCUT2D eigenvalue weighted by atomic mass is 35.5. The van der Waals surface area contributed by atoms with Crippen molar-refractivity contribution in [2.45, 2.75) is 11.8 Å². The summed E-state index contributed by atoms with van der Waals surface area (Å²) in [7, 11) is -4.02. The number of anilines is 2. The fraction of sp³-hybridized carbons (Fsp3) is 0.0952. The van der Waals surface area contributed by atoms with Crippen molar-refractivity contribution < 1.29 is 13.2 Å². The maximum absolute atomic E-state index is 13.3. The molecule has 1 amide bonds. The highest BCUT2D eigenvalue weighted by molar-refractivity contribution is 7.92. The van der Waals surface area contributed by atoms with Gasteiger partial charge in [0.1, 0.15) is 6.54 Å². The summed E-state index contributed by atoms with van der Waals surface area (Å²) in [6.07, 6.45) is 0. The van der Waals surface area contributed by atoms with Crippen LogP contribution in [0.5, 0.6) is 0 Å². The molecule has 0 fully saturated rings. The van der Waals surface area contributed by atoms with E-state index in [-0.39, 0.29) is 15.6 Å². The topological polar surface area (TPSA) is 66.5 Å². The van der Waals surface area contributed by atoms with Gasteiger partial charge in [-0.2, -0.15) is 0 Å². The van der Waals surface area contributed by atoms with Crippen molar-refractivity contribution in [3.05, 3.63) is 88.4 Å². The van der Waals surface area contributed by atoms with Crippen LogP contribution in [0, 0.1) is 6.92 Å². The second-order valence-electron chi connectivity index (χ2n) is 6.33. The summed E-state index contributed by atoms with van der Waals surface area (Å²) in [6.45, 7) is 1.42. The van der Waals surface area contributed by atoms with Crippen LogP contribution in [0.3, 0.4) is 0 Å². The zero-order valence-corrected chi connectivity index (χ0v) is 17.8. The minimum atomic E-state index is -4.02. The Hall–Kier alpha value is -2.54. The molecular weight excluding hydrogens is 431 g/mol. The maximum Gasteiger partial charge on any atom is 0.264 e. The summed E-state index contributed by atoms with van der Waals surface area (Å²) in [6, 6.07) is 19.4. The van der Waals surface area contributed by atoms with Gasteiger partial charge in [0.05, 0.1) is 15.6 Å². The van der Waals surface area contributed by atoms with E-state index in [1.165, 1.54) is 12.1 Å². The number of hydrogen-bond donors (Lipinski definition) is 1. The summed E-state index contributed by atoms with van der Waals surface area (Å²) < 4.78 is 27.6. The Labute approximate surface area is 179 Å². The first-order valence-electron chi connectivity index (χ1n) is 8.67. The van der Waals surface area contributed by atoms with Crippen LogP contribution in [0.25, 0.3) is 0 Å². The van der Waals surface area contributed by atoms with Gasteiger partial charge in [-0.3, -0.25) is 9.10 Å². The third kappa shape index (κ3) is 5.09. The molecule has 3 rings (SSSR count). The second kappa shape index (κ2) is 8.86. The average Bonchev–Trinajstić information content (AvgIpc) is 2.69. The van der Waals surface area contributed by atoms with Crippen molar-refractivity contribution in [3.63, 3.8) is 0 Å². The number of rotatable bonds is 6. The molecule has 0 saturated carbocycles. The Morgan fingerprint density at radius 1 is 0.931 bits per heavy atom. The predicted octanol–water partition coefficient (Wildman–Crippen LogP) is 5.14. The van der Waals surface area contributed by atoms with Gasteiger partial charge in [-0.05, 0) is 55.5 Å². The second-order valence-corrected chi connectivity index (χ2v) is 9.04. The molecule has 0 bridgehead atoms. The van der Waals surface area contributed by atoms with Gasteiger partial charge in [0, 0.05) is 10.7 Å². The van der Waals surface area contributed by atoms with E-state index in [1.54, 1.807) is 60.7 Å². The molecule has 0 aromatic heterocycles. The number of para-hydroxylation sites is 1. The third-order valence-electron chi connectivity index (χ3n) is 4.15. The van der Waals surface area contributed by atoms with Crippen LogP contribution in [0.2, 0.25) is 10.0 Å². The van der Waals surface area contributed by atoms with E-state index in [2.05, 4.69) is 5.32 Å². The summed E-state index contributed by atoms with van der Waals surface area (Å²) in [5.74, 6) is -0.511. The smallest absolute Gasteiger partial charge is 0.264 e. The molecule has 3 aromatic rings. The molecule has 0 spiro atoms. The number of nitrogens with zero attached hydrogens (tertiary/aromatic N) is 1. The van der Waals surface area contributed by atoms with Gasteiger partial charge in [0.25, 0.3) is 10.0 Å². The van der Waals surface area contributed by atoms with Crippen LogP contribution in [0.4, 0.5) is 11.4 Å². The Morgan fingerprint density at radius 2 is 1.55 bits per heavy atom. The summed E-state index contributed by atoms with van der Waals surface area (Å²) in [5, 5.41) is 3.43. The first kappa shape index (κ1) is 21.2. The van der Waals surface area contributed by atoms with Gasteiger partial charge in [-0.25, -0.2) is 8.42 Å². The lowest BCUT2D eigenvalue weighted by atomic mass is 10.2. The molecular formula is C21H18Cl2N2O3S. The number of hydrogen-bond acceptors (Lipinski definition) is 3. The Kier molecular flexibility index (Phi) is 6.47. The molecule has 0 aliphatic rings. The van der Waals surface area contributed by atoms with Crippen LogP contribution >= 0.6 is 23.2 Å². The van der Waals surface area contributed by atoms with E-state index < -0.39 is 22.5 Å². The van der Waals surface area contributed by atoms with Crippen molar-refractivity contribution in [1.82, 2.24) is 0 Å².